The normalized spacial score (nSPS) is 13.9. The summed E-state index contributed by atoms with van der Waals surface area (Å²) in [6, 6.07) is 13.7. The second-order valence-corrected chi connectivity index (χ2v) is 4.55. The van der Waals surface area contributed by atoms with Crippen LogP contribution in [0.3, 0.4) is 0 Å². The number of benzene rings is 2. The van der Waals surface area contributed by atoms with Gasteiger partial charge in [0.15, 0.2) is 0 Å². The number of imide groups is 1. The van der Waals surface area contributed by atoms with Crippen molar-refractivity contribution in [3.63, 3.8) is 0 Å². The monoisotopic (exact) mass is 281 g/mol. The first-order valence-electron chi connectivity index (χ1n) is 6.29. The SMILES string of the molecule is Cc1ccc(N=NON2C(=O)c3ccccc3C2=O)cc1. The lowest BCUT2D eigenvalue weighted by Crippen LogP contribution is -2.27. The topological polar surface area (TPSA) is 71.3 Å². The number of aryl methyl sites for hydroxylation is 1. The van der Waals surface area contributed by atoms with E-state index in [1.54, 1.807) is 36.4 Å². The van der Waals surface area contributed by atoms with Crippen LogP contribution in [-0.2, 0) is 4.94 Å². The molecule has 21 heavy (non-hydrogen) atoms. The third kappa shape index (κ3) is 2.38. The first kappa shape index (κ1) is 13.0. The Labute approximate surface area is 120 Å². The van der Waals surface area contributed by atoms with E-state index < -0.39 is 11.8 Å². The van der Waals surface area contributed by atoms with Crippen LogP contribution in [-0.4, -0.2) is 16.9 Å². The molecule has 3 rings (SSSR count). The second-order valence-electron chi connectivity index (χ2n) is 4.55. The van der Waals surface area contributed by atoms with Crippen LogP contribution in [0.15, 0.2) is 58.9 Å². The van der Waals surface area contributed by atoms with Gasteiger partial charge in [-0.1, -0.05) is 34.9 Å². The highest BCUT2D eigenvalue weighted by atomic mass is 16.8. The van der Waals surface area contributed by atoms with Crippen LogP contribution >= 0.6 is 0 Å². The Kier molecular flexibility index (Phi) is 3.19. The number of hydrogen-bond donors (Lipinski definition) is 0. The lowest BCUT2D eigenvalue weighted by Gasteiger charge is -2.06. The summed E-state index contributed by atoms with van der Waals surface area (Å²) < 4.78 is 0. The standard InChI is InChI=1S/C15H11N3O3/c1-10-6-8-11(9-7-10)16-17-21-18-14(19)12-4-2-3-5-13(12)15(18)20/h2-9H,1H3. The summed E-state index contributed by atoms with van der Waals surface area (Å²) in [4.78, 5) is 28.8. The quantitative estimate of drug-likeness (QED) is 0.492. The molecule has 0 spiro atoms. The molecule has 6 nitrogen and oxygen atoms in total. The van der Waals surface area contributed by atoms with Crippen molar-refractivity contribution in [1.29, 1.82) is 0 Å². The average molecular weight is 281 g/mol. The number of rotatable bonds is 3. The zero-order valence-corrected chi connectivity index (χ0v) is 11.2. The van der Waals surface area contributed by atoms with Crippen LogP contribution in [0.4, 0.5) is 5.69 Å². The van der Waals surface area contributed by atoms with Crippen molar-refractivity contribution in [2.24, 2.45) is 10.4 Å². The third-order valence-corrected chi connectivity index (χ3v) is 3.07. The van der Waals surface area contributed by atoms with E-state index in [1.807, 2.05) is 19.1 Å². The summed E-state index contributed by atoms with van der Waals surface area (Å²) in [5.41, 5.74) is 2.26. The van der Waals surface area contributed by atoms with Gasteiger partial charge >= 0.3 is 0 Å². The molecule has 0 fully saturated rings. The molecule has 0 saturated carbocycles. The number of nitrogens with zero attached hydrogens (tertiary/aromatic N) is 3. The molecule has 2 amide bonds. The van der Waals surface area contributed by atoms with Gasteiger partial charge in [-0.2, -0.15) is 0 Å². The van der Waals surface area contributed by atoms with Crippen LogP contribution in [0.5, 0.6) is 0 Å². The van der Waals surface area contributed by atoms with E-state index in [1.165, 1.54) is 0 Å². The molecule has 6 heteroatoms. The van der Waals surface area contributed by atoms with Crippen molar-refractivity contribution < 1.29 is 14.5 Å². The zero-order chi connectivity index (χ0) is 14.8. The van der Waals surface area contributed by atoms with Crippen molar-refractivity contribution in [3.05, 3.63) is 65.2 Å². The van der Waals surface area contributed by atoms with Gasteiger partial charge in [-0.25, -0.2) is 4.94 Å². The summed E-state index contributed by atoms with van der Waals surface area (Å²) in [6.45, 7) is 1.95. The lowest BCUT2D eigenvalue weighted by atomic mass is 10.1. The van der Waals surface area contributed by atoms with Gasteiger partial charge in [0, 0.05) is 0 Å². The van der Waals surface area contributed by atoms with Gasteiger partial charge in [0.25, 0.3) is 11.8 Å². The predicted octanol–water partition coefficient (Wildman–Crippen LogP) is 3.22. The maximum Gasteiger partial charge on any atom is 0.297 e. The summed E-state index contributed by atoms with van der Waals surface area (Å²) in [6.07, 6.45) is 0. The van der Waals surface area contributed by atoms with E-state index in [2.05, 4.69) is 10.4 Å². The molecule has 0 aliphatic carbocycles. The fraction of sp³-hybridized carbons (Fsp3) is 0.0667. The molecule has 0 N–H and O–H groups in total. The van der Waals surface area contributed by atoms with Gasteiger partial charge in [0.1, 0.15) is 0 Å². The largest absolute Gasteiger partial charge is 0.297 e. The average Bonchev–Trinajstić information content (AvgIpc) is 2.75. The van der Waals surface area contributed by atoms with Crippen molar-refractivity contribution in [2.75, 3.05) is 0 Å². The number of fused-ring (bicyclic) bond motifs is 1. The summed E-state index contributed by atoms with van der Waals surface area (Å²) >= 11 is 0. The molecule has 0 bridgehead atoms. The molecule has 104 valence electrons. The lowest BCUT2D eigenvalue weighted by molar-refractivity contribution is -0.0981. The Morgan fingerprint density at radius 3 is 2.05 bits per heavy atom. The van der Waals surface area contributed by atoms with E-state index in [0.29, 0.717) is 21.9 Å². The van der Waals surface area contributed by atoms with E-state index in [9.17, 15) is 9.59 Å². The highest BCUT2D eigenvalue weighted by Gasteiger charge is 2.37. The fourth-order valence-electron chi connectivity index (χ4n) is 1.95. The zero-order valence-electron chi connectivity index (χ0n) is 11.2. The number of amides is 2. The molecule has 0 radical (unpaired) electrons. The molecule has 0 aromatic heterocycles. The minimum atomic E-state index is -0.543. The van der Waals surface area contributed by atoms with Crippen molar-refractivity contribution in [2.45, 2.75) is 6.92 Å². The third-order valence-electron chi connectivity index (χ3n) is 3.07. The predicted molar refractivity (Wildman–Crippen MR) is 73.7 cm³/mol. The van der Waals surface area contributed by atoms with Crippen LogP contribution < -0.4 is 0 Å². The highest BCUT2D eigenvalue weighted by molar-refractivity contribution is 6.20. The molecule has 1 aliphatic rings. The molecule has 0 unspecified atom stereocenters. The smallest absolute Gasteiger partial charge is 0.265 e. The van der Waals surface area contributed by atoms with Crippen molar-refractivity contribution >= 4 is 17.5 Å². The molecule has 1 aliphatic heterocycles. The van der Waals surface area contributed by atoms with E-state index in [4.69, 9.17) is 4.94 Å². The number of carbonyl (C=O) groups is 2. The molecule has 2 aromatic carbocycles. The van der Waals surface area contributed by atoms with Crippen molar-refractivity contribution in [1.82, 2.24) is 5.06 Å². The summed E-state index contributed by atoms with van der Waals surface area (Å²) in [7, 11) is 0. The van der Waals surface area contributed by atoms with Gasteiger partial charge in [0.05, 0.1) is 22.1 Å². The fourth-order valence-corrected chi connectivity index (χ4v) is 1.95. The Morgan fingerprint density at radius 2 is 1.48 bits per heavy atom. The molecule has 0 atom stereocenters. The van der Waals surface area contributed by atoms with Crippen LogP contribution in [0.25, 0.3) is 0 Å². The second kappa shape index (κ2) is 5.16. The van der Waals surface area contributed by atoms with Gasteiger partial charge in [-0.3, -0.25) is 9.59 Å². The van der Waals surface area contributed by atoms with Crippen LogP contribution in [0.1, 0.15) is 26.3 Å². The molecule has 1 heterocycles. The van der Waals surface area contributed by atoms with Crippen molar-refractivity contribution in [3.8, 4) is 0 Å². The minimum absolute atomic E-state index is 0.299. The van der Waals surface area contributed by atoms with Gasteiger partial charge < -0.3 is 0 Å². The highest BCUT2D eigenvalue weighted by Crippen LogP contribution is 2.23. The van der Waals surface area contributed by atoms with E-state index in [0.717, 1.165) is 5.56 Å². The maximum absolute atomic E-state index is 12.0. The van der Waals surface area contributed by atoms with E-state index in [-0.39, 0.29) is 0 Å². The summed E-state index contributed by atoms with van der Waals surface area (Å²) in [5, 5.41) is 7.85. The van der Waals surface area contributed by atoms with Crippen LogP contribution in [0.2, 0.25) is 0 Å². The Bertz CT molecular complexity index is 703. The molecule has 2 aromatic rings. The summed E-state index contributed by atoms with van der Waals surface area (Å²) in [5.74, 6) is -1.09. The maximum atomic E-state index is 12.0. The minimum Gasteiger partial charge on any atom is -0.265 e. The Balaban J connectivity index is 1.74. The first-order valence-corrected chi connectivity index (χ1v) is 6.29. The molecular weight excluding hydrogens is 270 g/mol. The van der Waals surface area contributed by atoms with Crippen LogP contribution in [0, 0.1) is 6.92 Å². The Hall–Kier alpha value is -3.02. The van der Waals surface area contributed by atoms with Gasteiger partial charge in [0.2, 0.25) is 0 Å². The number of hydrogen-bond acceptors (Lipinski definition) is 5. The van der Waals surface area contributed by atoms with Gasteiger partial charge in [-0.15, -0.1) is 5.11 Å². The first-order chi connectivity index (χ1) is 10.2. The van der Waals surface area contributed by atoms with E-state index >= 15 is 0 Å². The molecule has 0 saturated heterocycles. The molecular formula is C15H11N3O3. The van der Waals surface area contributed by atoms with Gasteiger partial charge in [-0.05, 0) is 31.2 Å². The number of hydroxylamine groups is 2. The Morgan fingerprint density at radius 1 is 0.905 bits per heavy atom. The number of carbonyl (C=O) groups excluding carboxylic acids is 2.